The molecule has 34 heavy (non-hydrogen) atoms. The van der Waals surface area contributed by atoms with Crippen LogP contribution in [0.3, 0.4) is 0 Å². The Kier molecular flexibility index (Phi) is 7.34. The predicted molar refractivity (Wildman–Crippen MR) is 131 cm³/mol. The number of benzene rings is 2. The van der Waals surface area contributed by atoms with Crippen LogP contribution in [-0.2, 0) is 14.3 Å². The highest BCUT2D eigenvalue weighted by Crippen LogP contribution is 2.44. The molecule has 0 radical (unpaired) electrons. The lowest BCUT2D eigenvalue weighted by molar-refractivity contribution is -0.149. The van der Waals surface area contributed by atoms with Crippen molar-refractivity contribution in [3.05, 3.63) is 59.7 Å². The number of carboxylic acids is 1. The highest BCUT2D eigenvalue weighted by atomic mass is 16.5. The van der Waals surface area contributed by atoms with Gasteiger partial charge >= 0.3 is 12.1 Å². The van der Waals surface area contributed by atoms with Crippen molar-refractivity contribution in [3.8, 4) is 11.1 Å². The van der Waals surface area contributed by atoms with Crippen LogP contribution in [0.15, 0.2) is 48.5 Å². The average Bonchev–Trinajstić information content (AvgIpc) is 3.08. The molecule has 2 N–H and O–H groups in total. The number of alkyl carbamates (subject to hydrolysis) is 1. The van der Waals surface area contributed by atoms with Crippen LogP contribution in [0.4, 0.5) is 4.79 Å². The Morgan fingerprint density at radius 1 is 0.941 bits per heavy atom. The minimum atomic E-state index is -1.07. The number of amides is 2. The molecule has 0 aromatic heterocycles. The van der Waals surface area contributed by atoms with Crippen molar-refractivity contribution in [3.63, 3.8) is 0 Å². The second kappa shape index (κ2) is 9.87. The Bertz CT molecular complexity index is 1030. The molecule has 0 atom stereocenters. The maximum absolute atomic E-state index is 13.1. The number of fused-ring (bicyclic) bond motifs is 3. The molecule has 1 aliphatic rings. The Labute approximate surface area is 201 Å². The van der Waals surface area contributed by atoms with E-state index in [1.54, 1.807) is 13.8 Å². The van der Waals surface area contributed by atoms with Gasteiger partial charge < -0.3 is 20.1 Å². The first kappa shape index (κ1) is 25.3. The lowest BCUT2D eigenvalue weighted by Crippen LogP contribution is -2.50. The van der Waals surface area contributed by atoms with Crippen LogP contribution in [0.2, 0.25) is 0 Å². The van der Waals surface area contributed by atoms with E-state index in [4.69, 9.17) is 4.74 Å². The Balaban J connectivity index is 1.61. The van der Waals surface area contributed by atoms with Crippen LogP contribution in [0.5, 0.6) is 0 Å². The molecule has 7 heteroatoms. The fourth-order valence-corrected chi connectivity index (χ4v) is 4.38. The highest BCUT2D eigenvalue weighted by Gasteiger charge is 2.35. The van der Waals surface area contributed by atoms with Gasteiger partial charge in [0.25, 0.3) is 0 Å². The Morgan fingerprint density at radius 2 is 1.47 bits per heavy atom. The minimum Gasteiger partial charge on any atom is -0.480 e. The summed E-state index contributed by atoms with van der Waals surface area (Å²) in [7, 11) is 0. The van der Waals surface area contributed by atoms with Crippen LogP contribution in [0.1, 0.15) is 51.7 Å². The molecule has 0 bridgehead atoms. The third-order valence-electron chi connectivity index (χ3n) is 5.88. The number of carbonyl (C=O) groups is 3. The van der Waals surface area contributed by atoms with Gasteiger partial charge in [-0.2, -0.15) is 0 Å². The molecule has 2 amide bonds. The summed E-state index contributed by atoms with van der Waals surface area (Å²) in [5.41, 5.74) is 3.29. The summed E-state index contributed by atoms with van der Waals surface area (Å²) in [6.07, 6.45) is -0.608. The maximum Gasteiger partial charge on any atom is 0.407 e. The summed E-state index contributed by atoms with van der Waals surface area (Å²) in [4.78, 5) is 38.3. The zero-order valence-electron chi connectivity index (χ0n) is 20.6. The quantitative estimate of drug-likeness (QED) is 0.597. The van der Waals surface area contributed by atoms with E-state index in [2.05, 4.69) is 29.6 Å². The largest absolute Gasteiger partial charge is 0.480 e. The van der Waals surface area contributed by atoms with Crippen molar-refractivity contribution >= 4 is 18.0 Å². The lowest BCUT2D eigenvalue weighted by Gasteiger charge is -2.35. The number of nitrogens with one attached hydrogen (secondary N) is 1. The topological polar surface area (TPSA) is 95.9 Å². The zero-order chi connectivity index (χ0) is 25.1. The van der Waals surface area contributed by atoms with E-state index in [0.717, 1.165) is 22.3 Å². The monoisotopic (exact) mass is 466 g/mol. The van der Waals surface area contributed by atoms with Crippen LogP contribution >= 0.6 is 0 Å². The predicted octanol–water partition coefficient (Wildman–Crippen LogP) is 4.51. The second-order valence-corrected chi connectivity index (χ2v) is 10.7. The fourth-order valence-electron chi connectivity index (χ4n) is 4.38. The molecule has 0 heterocycles. The molecule has 7 nitrogen and oxygen atoms in total. The van der Waals surface area contributed by atoms with Gasteiger partial charge in [-0.1, -0.05) is 69.3 Å². The van der Waals surface area contributed by atoms with Crippen LogP contribution < -0.4 is 5.32 Å². The molecule has 182 valence electrons. The molecule has 0 spiro atoms. The van der Waals surface area contributed by atoms with Crippen molar-refractivity contribution in [2.75, 3.05) is 26.2 Å². The molecule has 2 aromatic rings. The molecular formula is C27H34N2O5. The number of hydrogen-bond acceptors (Lipinski definition) is 4. The summed E-state index contributed by atoms with van der Waals surface area (Å²) in [5, 5.41) is 11.9. The first-order valence-corrected chi connectivity index (χ1v) is 11.5. The normalized spacial score (nSPS) is 13.1. The van der Waals surface area contributed by atoms with E-state index in [1.165, 1.54) is 4.90 Å². The zero-order valence-corrected chi connectivity index (χ0v) is 20.6. The third-order valence-corrected chi connectivity index (χ3v) is 5.88. The Hall–Kier alpha value is -3.35. The van der Waals surface area contributed by atoms with Gasteiger partial charge in [0, 0.05) is 19.0 Å². The third kappa shape index (κ3) is 5.95. The SMILES string of the molecule is CC(C)(C)CN(CC(=O)O)C(=O)C(C)(C)CNC(=O)OCC1c2ccccc2-c2ccccc21. The molecule has 0 saturated heterocycles. The summed E-state index contributed by atoms with van der Waals surface area (Å²) in [6, 6.07) is 16.2. The molecule has 0 unspecified atom stereocenters. The maximum atomic E-state index is 13.1. The van der Waals surface area contributed by atoms with Gasteiger partial charge in [0.05, 0.1) is 5.41 Å². The molecule has 0 aliphatic heterocycles. The van der Waals surface area contributed by atoms with Gasteiger partial charge in [-0.3, -0.25) is 9.59 Å². The van der Waals surface area contributed by atoms with E-state index in [-0.39, 0.29) is 36.9 Å². The van der Waals surface area contributed by atoms with Crippen LogP contribution in [0, 0.1) is 10.8 Å². The number of aliphatic carboxylic acids is 1. The summed E-state index contributed by atoms with van der Waals surface area (Å²) < 4.78 is 5.55. The Morgan fingerprint density at radius 3 is 1.97 bits per heavy atom. The lowest BCUT2D eigenvalue weighted by atomic mass is 9.89. The molecule has 3 rings (SSSR count). The van der Waals surface area contributed by atoms with Gasteiger partial charge in [0.2, 0.25) is 5.91 Å². The standard InChI is InChI=1S/C27H34N2O5/c1-26(2,3)17-29(14-23(30)31)24(32)27(4,5)16-28-25(33)34-15-22-20-12-8-6-10-18(20)19-11-7-9-13-21(19)22/h6-13,22H,14-17H2,1-5H3,(H,28,33)(H,30,31). The number of hydrogen-bond donors (Lipinski definition) is 2. The van der Waals surface area contributed by atoms with Crippen molar-refractivity contribution < 1.29 is 24.2 Å². The molecule has 0 fully saturated rings. The van der Waals surface area contributed by atoms with E-state index >= 15 is 0 Å². The van der Waals surface area contributed by atoms with E-state index in [0.29, 0.717) is 6.54 Å². The highest BCUT2D eigenvalue weighted by molar-refractivity contribution is 5.86. The summed E-state index contributed by atoms with van der Waals surface area (Å²) >= 11 is 0. The number of carboxylic acid groups (broad SMARTS) is 1. The molecule has 0 saturated carbocycles. The van der Waals surface area contributed by atoms with Crippen molar-refractivity contribution in [1.29, 1.82) is 0 Å². The van der Waals surface area contributed by atoms with Gasteiger partial charge in [0.1, 0.15) is 13.2 Å². The van der Waals surface area contributed by atoms with E-state index in [9.17, 15) is 19.5 Å². The van der Waals surface area contributed by atoms with E-state index < -0.39 is 17.5 Å². The first-order valence-electron chi connectivity index (χ1n) is 11.5. The van der Waals surface area contributed by atoms with Crippen molar-refractivity contribution in [2.45, 2.75) is 40.5 Å². The second-order valence-electron chi connectivity index (χ2n) is 10.7. The summed E-state index contributed by atoms with van der Waals surface area (Å²) in [6.45, 7) is 9.33. The average molecular weight is 467 g/mol. The molecule has 1 aliphatic carbocycles. The van der Waals surface area contributed by atoms with Gasteiger partial charge in [-0.15, -0.1) is 0 Å². The van der Waals surface area contributed by atoms with Crippen molar-refractivity contribution in [1.82, 2.24) is 10.2 Å². The van der Waals surface area contributed by atoms with Gasteiger partial charge in [-0.05, 0) is 41.5 Å². The summed E-state index contributed by atoms with van der Waals surface area (Å²) in [5.74, 6) is -1.45. The number of carbonyl (C=O) groups excluding carboxylic acids is 2. The van der Waals surface area contributed by atoms with Crippen LogP contribution in [-0.4, -0.2) is 54.2 Å². The van der Waals surface area contributed by atoms with Gasteiger partial charge in [0.15, 0.2) is 0 Å². The smallest absolute Gasteiger partial charge is 0.407 e. The van der Waals surface area contributed by atoms with Crippen LogP contribution in [0.25, 0.3) is 11.1 Å². The van der Waals surface area contributed by atoms with Gasteiger partial charge in [-0.25, -0.2) is 4.79 Å². The molecular weight excluding hydrogens is 432 g/mol. The number of rotatable bonds is 8. The van der Waals surface area contributed by atoms with Crippen molar-refractivity contribution in [2.24, 2.45) is 10.8 Å². The first-order chi connectivity index (χ1) is 15.9. The number of nitrogens with zero attached hydrogens (tertiary/aromatic N) is 1. The number of ether oxygens (including phenoxy) is 1. The minimum absolute atomic E-state index is 0.0305. The van der Waals surface area contributed by atoms with E-state index in [1.807, 2.05) is 45.0 Å². The fraction of sp³-hybridized carbons (Fsp3) is 0.444. The molecule has 2 aromatic carbocycles.